The number of nitrogens with zero attached hydrogens (tertiary/aromatic N) is 4. The number of hydrogen-bond donors (Lipinski definition) is 0. The van der Waals surface area contributed by atoms with Crippen LogP contribution in [0.4, 0.5) is 0 Å². The summed E-state index contributed by atoms with van der Waals surface area (Å²) in [5.74, 6) is 0.727. The molecule has 2 aromatic rings. The number of aromatic nitrogens is 4. The lowest BCUT2D eigenvalue weighted by molar-refractivity contribution is 0.00578. The van der Waals surface area contributed by atoms with E-state index in [0.717, 1.165) is 11.5 Å². The van der Waals surface area contributed by atoms with E-state index in [9.17, 15) is 0 Å². The van der Waals surface area contributed by atoms with Gasteiger partial charge in [-0.05, 0) is 46.8 Å². The van der Waals surface area contributed by atoms with Gasteiger partial charge in [-0.1, -0.05) is 11.3 Å². The lowest BCUT2D eigenvalue weighted by Gasteiger charge is -2.32. The second-order valence-electron chi connectivity index (χ2n) is 6.31. The number of aryl methyl sites for hydroxylation is 1. The van der Waals surface area contributed by atoms with E-state index in [-0.39, 0.29) is 11.2 Å². The van der Waals surface area contributed by atoms with E-state index in [1.165, 1.54) is 0 Å². The minimum atomic E-state index is -0.506. The predicted octanol–water partition coefficient (Wildman–Crippen LogP) is 1.27. The van der Waals surface area contributed by atoms with Crippen molar-refractivity contribution in [2.45, 2.75) is 45.8 Å². The van der Waals surface area contributed by atoms with Crippen molar-refractivity contribution in [1.29, 1.82) is 0 Å². The van der Waals surface area contributed by atoms with E-state index in [2.05, 4.69) is 15.3 Å². The molecule has 0 spiro atoms. The lowest BCUT2D eigenvalue weighted by Crippen LogP contribution is -2.41. The van der Waals surface area contributed by atoms with Crippen LogP contribution in [0.5, 0.6) is 0 Å². The van der Waals surface area contributed by atoms with Crippen LogP contribution in [0.15, 0.2) is 24.4 Å². The molecule has 3 heterocycles. The molecule has 7 heteroatoms. The molecule has 6 nitrogen and oxygen atoms in total. The lowest BCUT2D eigenvalue weighted by atomic mass is 9.86. The van der Waals surface area contributed by atoms with Crippen molar-refractivity contribution in [2.75, 3.05) is 0 Å². The zero-order chi connectivity index (χ0) is 15.3. The summed E-state index contributed by atoms with van der Waals surface area (Å²) in [7, 11) is -0.506. The average Bonchev–Trinajstić information content (AvgIpc) is 2.93. The zero-order valence-electron chi connectivity index (χ0n) is 13.0. The Morgan fingerprint density at radius 1 is 1.10 bits per heavy atom. The van der Waals surface area contributed by atoms with Crippen LogP contribution in [0.25, 0.3) is 5.82 Å². The van der Waals surface area contributed by atoms with Gasteiger partial charge in [-0.15, -0.1) is 5.10 Å². The molecule has 1 aliphatic heterocycles. The molecule has 0 saturated carbocycles. The van der Waals surface area contributed by atoms with E-state index in [0.29, 0.717) is 5.59 Å². The van der Waals surface area contributed by atoms with E-state index >= 15 is 0 Å². The Morgan fingerprint density at radius 3 is 2.38 bits per heavy atom. The highest BCUT2D eigenvalue weighted by Crippen LogP contribution is 2.36. The molecular weight excluding hydrogens is 267 g/mol. The Hall–Kier alpha value is -1.73. The van der Waals surface area contributed by atoms with E-state index in [4.69, 9.17) is 9.31 Å². The molecule has 0 amide bonds. The molecule has 1 aliphatic rings. The number of hydrogen-bond acceptors (Lipinski definition) is 5. The molecule has 1 saturated heterocycles. The first-order chi connectivity index (χ1) is 9.78. The summed E-state index contributed by atoms with van der Waals surface area (Å²) in [6.07, 6.45) is 1.80. The van der Waals surface area contributed by atoms with Gasteiger partial charge in [0.1, 0.15) is 5.59 Å². The highest BCUT2D eigenvalue weighted by Gasteiger charge is 2.52. The first-order valence-electron chi connectivity index (χ1n) is 7.00. The van der Waals surface area contributed by atoms with Gasteiger partial charge in [0.05, 0.1) is 17.4 Å². The Kier molecular flexibility index (Phi) is 3.14. The van der Waals surface area contributed by atoms with Crippen LogP contribution >= 0.6 is 0 Å². The van der Waals surface area contributed by atoms with Crippen molar-refractivity contribution in [1.82, 2.24) is 20.0 Å². The molecule has 0 aliphatic carbocycles. The third-order valence-corrected chi connectivity index (χ3v) is 4.11. The monoisotopic (exact) mass is 286 g/mol. The second-order valence-corrected chi connectivity index (χ2v) is 6.31. The van der Waals surface area contributed by atoms with Crippen molar-refractivity contribution in [3.8, 4) is 5.82 Å². The first kappa shape index (κ1) is 14.2. The minimum absolute atomic E-state index is 0.386. The molecule has 0 aromatic carbocycles. The van der Waals surface area contributed by atoms with Gasteiger partial charge in [0.2, 0.25) is 0 Å². The molecule has 0 bridgehead atoms. The molecule has 1 fully saturated rings. The van der Waals surface area contributed by atoms with E-state index in [1.807, 2.05) is 52.8 Å². The van der Waals surface area contributed by atoms with Crippen LogP contribution in [0.2, 0.25) is 0 Å². The third kappa shape index (κ3) is 2.47. The van der Waals surface area contributed by atoms with Gasteiger partial charge in [0.25, 0.3) is 0 Å². The molecule has 21 heavy (non-hydrogen) atoms. The maximum Gasteiger partial charge on any atom is 0.518 e. The van der Waals surface area contributed by atoms with Gasteiger partial charge < -0.3 is 9.31 Å². The largest absolute Gasteiger partial charge is 0.518 e. The second kappa shape index (κ2) is 4.64. The highest BCUT2D eigenvalue weighted by molar-refractivity contribution is 6.61. The normalized spacial score (nSPS) is 20.0. The van der Waals surface area contributed by atoms with Crippen LogP contribution in [-0.2, 0) is 9.31 Å². The predicted molar refractivity (Wildman–Crippen MR) is 79.6 cm³/mol. The van der Waals surface area contributed by atoms with Crippen LogP contribution in [0.3, 0.4) is 0 Å². The SMILES string of the molecule is Cc1cccc(-n2cc(B3OC(C)(C)C(C)(C)O3)nn2)n1. The summed E-state index contributed by atoms with van der Waals surface area (Å²) in [5, 5.41) is 8.27. The quantitative estimate of drug-likeness (QED) is 0.778. The summed E-state index contributed by atoms with van der Waals surface area (Å²) in [5.41, 5.74) is 0.809. The fourth-order valence-electron chi connectivity index (χ4n) is 2.12. The summed E-state index contributed by atoms with van der Waals surface area (Å²) < 4.78 is 13.6. The van der Waals surface area contributed by atoms with Gasteiger partial charge in [0, 0.05) is 5.69 Å². The Balaban J connectivity index is 1.87. The number of rotatable bonds is 2. The van der Waals surface area contributed by atoms with Gasteiger partial charge in [0.15, 0.2) is 5.82 Å². The summed E-state index contributed by atoms with van der Waals surface area (Å²) in [4.78, 5) is 4.42. The minimum Gasteiger partial charge on any atom is -0.398 e. The molecule has 110 valence electrons. The first-order valence-corrected chi connectivity index (χ1v) is 7.00. The van der Waals surface area contributed by atoms with Crippen molar-refractivity contribution >= 4 is 12.7 Å². The fourth-order valence-corrected chi connectivity index (χ4v) is 2.12. The maximum atomic E-state index is 5.96. The topological polar surface area (TPSA) is 62.1 Å². The Labute approximate surface area is 124 Å². The van der Waals surface area contributed by atoms with Gasteiger partial charge in [-0.2, -0.15) is 0 Å². The molecule has 0 N–H and O–H groups in total. The molecule has 0 radical (unpaired) electrons. The van der Waals surface area contributed by atoms with Gasteiger partial charge in [-0.25, -0.2) is 9.67 Å². The standard InChI is InChI=1S/C14H19BN4O2/c1-10-7-6-8-12(16-10)19-9-11(17-18-19)15-20-13(2,3)14(4,5)21-15/h6-9H,1-5H3. The smallest absolute Gasteiger partial charge is 0.398 e. The van der Waals surface area contributed by atoms with Gasteiger partial charge >= 0.3 is 7.12 Å². The molecule has 3 rings (SSSR count). The fraction of sp³-hybridized carbons (Fsp3) is 0.500. The van der Waals surface area contributed by atoms with Crippen LogP contribution in [0, 0.1) is 6.92 Å². The van der Waals surface area contributed by atoms with Crippen molar-refractivity contribution in [3.05, 3.63) is 30.1 Å². The van der Waals surface area contributed by atoms with Crippen molar-refractivity contribution in [2.24, 2.45) is 0 Å². The number of pyridine rings is 1. The molecule has 0 unspecified atom stereocenters. The Bertz CT molecular complexity index is 652. The average molecular weight is 286 g/mol. The zero-order valence-corrected chi connectivity index (χ0v) is 13.0. The van der Waals surface area contributed by atoms with Crippen LogP contribution in [0.1, 0.15) is 33.4 Å². The maximum absolute atomic E-state index is 5.96. The Morgan fingerprint density at radius 2 is 1.76 bits per heavy atom. The van der Waals surface area contributed by atoms with Crippen LogP contribution < -0.4 is 5.59 Å². The molecule has 2 aromatic heterocycles. The molecular formula is C14H19BN4O2. The molecule has 0 atom stereocenters. The summed E-state index contributed by atoms with van der Waals surface area (Å²) in [6.45, 7) is 9.99. The summed E-state index contributed by atoms with van der Waals surface area (Å²) in [6, 6.07) is 5.76. The van der Waals surface area contributed by atoms with Crippen molar-refractivity contribution < 1.29 is 9.31 Å². The third-order valence-electron chi connectivity index (χ3n) is 4.11. The van der Waals surface area contributed by atoms with E-state index < -0.39 is 7.12 Å². The summed E-state index contributed by atoms with van der Waals surface area (Å²) >= 11 is 0. The van der Waals surface area contributed by atoms with Gasteiger partial charge in [-0.3, -0.25) is 0 Å². The highest BCUT2D eigenvalue weighted by atomic mass is 16.7. The van der Waals surface area contributed by atoms with E-state index in [1.54, 1.807) is 10.9 Å². The van der Waals surface area contributed by atoms with Crippen molar-refractivity contribution in [3.63, 3.8) is 0 Å². The van der Waals surface area contributed by atoms with Crippen LogP contribution in [-0.4, -0.2) is 38.3 Å².